The molecule has 0 spiro atoms. The second-order valence-corrected chi connectivity index (χ2v) is 6.60. The summed E-state index contributed by atoms with van der Waals surface area (Å²) < 4.78 is 23.8. The molecular weight excluding hydrogens is 357 g/mol. The number of carbonyl (C=O) groups excluding carboxylic acids is 1. The molecule has 6 nitrogen and oxygen atoms in total. The van der Waals surface area contributed by atoms with Gasteiger partial charge in [0.05, 0.1) is 18.5 Å². The van der Waals surface area contributed by atoms with Crippen LogP contribution in [0, 0.1) is 19.7 Å². The van der Waals surface area contributed by atoms with Crippen LogP contribution in [-0.2, 0) is 11.2 Å². The molecule has 2 aromatic heterocycles. The largest absolute Gasteiger partial charge is 0.494 e. The van der Waals surface area contributed by atoms with Crippen molar-refractivity contribution in [1.29, 1.82) is 0 Å². The van der Waals surface area contributed by atoms with Crippen LogP contribution in [0.3, 0.4) is 0 Å². The predicted octanol–water partition coefficient (Wildman–Crippen LogP) is 4.13. The number of hydrogen-bond acceptors (Lipinski definition) is 6. The number of ether oxygens (including phenoxy) is 1. The number of methoxy groups -OCH3 is 1. The third-order valence-electron chi connectivity index (χ3n) is 3.98. The number of halogens is 1. The van der Waals surface area contributed by atoms with Crippen LogP contribution >= 0.6 is 11.3 Å². The molecule has 3 aromatic rings. The van der Waals surface area contributed by atoms with E-state index in [0.29, 0.717) is 29.2 Å². The summed E-state index contributed by atoms with van der Waals surface area (Å²) >= 11 is 1.29. The van der Waals surface area contributed by atoms with Crippen LogP contribution in [-0.4, -0.2) is 23.2 Å². The lowest BCUT2D eigenvalue weighted by atomic mass is 10.1. The number of aromatic nitrogens is 2. The number of aryl methyl sites for hydroxylation is 2. The van der Waals surface area contributed by atoms with Crippen molar-refractivity contribution >= 4 is 22.4 Å². The van der Waals surface area contributed by atoms with E-state index in [-0.39, 0.29) is 11.7 Å². The number of nitrogens with one attached hydrogen (secondary N) is 1. The number of carbonyl (C=O) groups is 1. The molecule has 0 atom stereocenters. The van der Waals surface area contributed by atoms with Crippen molar-refractivity contribution in [3.05, 3.63) is 46.4 Å². The maximum absolute atomic E-state index is 13.8. The smallest absolute Gasteiger partial charge is 0.226 e. The highest BCUT2D eigenvalue weighted by molar-refractivity contribution is 7.14. The standard InChI is InChI=1S/C18H18FN3O3S/c1-10-13(11(2)25-22-10)5-7-17(23)21-18-20-15(9-26-18)12-4-6-16(24-3)14(19)8-12/h4,6,8-9H,5,7H2,1-3H3,(H,20,21,23). The van der Waals surface area contributed by atoms with E-state index in [2.05, 4.69) is 15.5 Å². The Morgan fingerprint density at radius 2 is 2.19 bits per heavy atom. The van der Waals surface area contributed by atoms with Gasteiger partial charge in [0.2, 0.25) is 5.91 Å². The molecule has 8 heteroatoms. The van der Waals surface area contributed by atoms with Gasteiger partial charge < -0.3 is 14.6 Å². The maximum Gasteiger partial charge on any atom is 0.226 e. The summed E-state index contributed by atoms with van der Waals surface area (Å²) in [4.78, 5) is 16.5. The predicted molar refractivity (Wildman–Crippen MR) is 97.0 cm³/mol. The van der Waals surface area contributed by atoms with E-state index in [0.717, 1.165) is 17.0 Å². The summed E-state index contributed by atoms with van der Waals surface area (Å²) in [5, 5.41) is 8.89. The Morgan fingerprint density at radius 3 is 2.85 bits per heavy atom. The molecule has 0 radical (unpaired) electrons. The van der Waals surface area contributed by atoms with Gasteiger partial charge in [-0.15, -0.1) is 11.3 Å². The molecule has 1 amide bonds. The Hall–Kier alpha value is -2.74. The van der Waals surface area contributed by atoms with Crippen LogP contribution < -0.4 is 10.1 Å². The van der Waals surface area contributed by atoms with E-state index >= 15 is 0 Å². The zero-order valence-corrected chi connectivity index (χ0v) is 15.4. The number of thiazole rings is 1. The monoisotopic (exact) mass is 375 g/mol. The van der Waals surface area contributed by atoms with Gasteiger partial charge in [-0.3, -0.25) is 4.79 Å². The summed E-state index contributed by atoms with van der Waals surface area (Å²) in [6.07, 6.45) is 0.851. The van der Waals surface area contributed by atoms with Crippen molar-refractivity contribution < 1.29 is 18.4 Å². The highest BCUT2D eigenvalue weighted by Crippen LogP contribution is 2.28. The molecule has 0 aliphatic carbocycles. The van der Waals surface area contributed by atoms with Crippen LogP contribution in [0.15, 0.2) is 28.1 Å². The Balaban J connectivity index is 1.63. The van der Waals surface area contributed by atoms with Gasteiger partial charge in [-0.1, -0.05) is 5.16 Å². The summed E-state index contributed by atoms with van der Waals surface area (Å²) in [5.41, 5.74) is 2.97. The SMILES string of the molecule is COc1ccc(-c2csc(NC(=O)CCc3c(C)noc3C)n2)cc1F. The first-order chi connectivity index (χ1) is 12.5. The molecule has 1 aromatic carbocycles. The van der Waals surface area contributed by atoms with Crippen molar-refractivity contribution in [2.75, 3.05) is 12.4 Å². The van der Waals surface area contributed by atoms with Gasteiger partial charge in [0.15, 0.2) is 16.7 Å². The van der Waals surface area contributed by atoms with Crippen molar-refractivity contribution in [2.24, 2.45) is 0 Å². The molecule has 136 valence electrons. The van der Waals surface area contributed by atoms with E-state index in [1.54, 1.807) is 17.5 Å². The third kappa shape index (κ3) is 3.91. The molecular formula is C18H18FN3O3S. The first kappa shape index (κ1) is 18.1. The first-order valence-corrected chi connectivity index (χ1v) is 8.87. The number of rotatable bonds is 6. The quantitative estimate of drug-likeness (QED) is 0.701. The van der Waals surface area contributed by atoms with Crippen molar-refractivity contribution in [1.82, 2.24) is 10.1 Å². The Labute approximate surface area is 154 Å². The van der Waals surface area contributed by atoms with Gasteiger partial charge in [0.1, 0.15) is 5.76 Å². The van der Waals surface area contributed by atoms with Gasteiger partial charge in [0.25, 0.3) is 0 Å². The number of hydrogen-bond donors (Lipinski definition) is 1. The Kier molecular flexibility index (Phi) is 5.32. The zero-order valence-electron chi connectivity index (χ0n) is 14.6. The molecule has 0 fully saturated rings. The average molecular weight is 375 g/mol. The molecule has 0 saturated carbocycles. The molecule has 26 heavy (non-hydrogen) atoms. The fraction of sp³-hybridized carbons (Fsp3) is 0.278. The van der Waals surface area contributed by atoms with Crippen LogP contribution in [0.25, 0.3) is 11.3 Å². The van der Waals surface area contributed by atoms with Crippen LogP contribution in [0.1, 0.15) is 23.4 Å². The number of nitrogens with zero attached hydrogens (tertiary/aromatic N) is 2. The molecule has 2 heterocycles. The zero-order chi connectivity index (χ0) is 18.7. The van der Waals surface area contributed by atoms with Gasteiger partial charge in [0, 0.05) is 22.9 Å². The van der Waals surface area contributed by atoms with E-state index in [1.165, 1.54) is 24.5 Å². The fourth-order valence-corrected chi connectivity index (χ4v) is 3.30. The highest BCUT2D eigenvalue weighted by atomic mass is 32.1. The molecule has 1 N–H and O–H groups in total. The van der Waals surface area contributed by atoms with E-state index in [9.17, 15) is 9.18 Å². The maximum atomic E-state index is 13.8. The van der Waals surface area contributed by atoms with Gasteiger partial charge in [-0.05, 0) is 38.5 Å². The van der Waals surface area contributed by atoms with Crippen LogP contribution in [0.4, 0.5) is 9.52 Å². The summed E-state index contributed by atoms with van der Waals surface area (Å²) in [6, 6.07) is 4.63. The third-order valence-corrected chi connectivity index (χ3v) is 4.74. The lowest BCUT2D eigenvalue weighted by molar-refractivity contribution is -0.116. The van der Waals surface area contributed by atoms with Gasteiger partial charge in [-0.2, -0.15) is 0 Å². The molecule has 3 rings (SSSR count). The summed E-state index contributed by atoms with van der Waals surface area (Å²) in [7, 11) is 1.41. The van der Waals surface area contributed by atoms with E-state index < -0.39 is 5.82 Å². The topological polar surface area (TPSA) is 77.2 Å². The van der Waals surface area contributed by atoms with E-state index in [4.69, 9.17) is 9.26 Å². The normalized spacial score (nSPS) is 10.8. The summed E-state index contributed by atoms with van der Waals surface area (Å²) in [6.45, 7) is 3.68. The van der Waals surface area contributed by atoms with Crippen molar-refractivity contribution in [3.63, 3.8) is 0 Å². The lowest BCUT2D eigenvalue weighted by Crippen LogP contribution is -2.12. The Bertz CT molecular complexity index is 916. The average Bonchev–Trinajstić information content (AvgIpc) is 3.20. The van der Waals surface area contributed by atoms with Crippen LogP contribution in [0.2, 0.25) is 0 Å². The molecule has 0 aliphatic heterocycles. The lowest BCUT2D eigenvalue weighted by Gasteiger charge is -2.03. The van der Waals surface area contributed by atoms with Crippen molar-refractivity contribution in [3.8, 4) is 17.0 Å². The minimum atomic E-state index is -0.456. The number of amides is 1. The van der Waals surface area contributed by atoms with Crippen molar-refractivity contribution in [2.45, 2.75) is 26.7 Å². The number of anilines is 1. The molecule has 0 bridgehead atoms. The minimum Gasteiger partial charge on any atom is -0.494 e. The fourth-order valence-electron chi connectivity index (χ4n) is 2.57. The number of benzene rings is 1. The Morgan fingerprint density at radius 1 is 1.38 bits per heavy atom. The summed E-state index contributed by atoms with van der Waals surface area (Å²) in [5.74, 6) is 0.306. The second-order valence-electron chi connectivity index (χ2n) is 5.74. The second kappa shape index (κ2) is 7.65. The highest BCUT2D eigenvalue weighted by Gasteiger charge is 2.13. The van der Waals surface area contributed by atoms with Gasteiger partial charge >= 0.3 is 0 Å². The minimum absolute atomic E-state index is 0.146. The first-order valence-electron chi connectivity index (χ1n) is 7.99. The van der Waals surface area contributed by atoms with Crippen LogP contribution in [0.5, 0.6) is 5.75 Å². The molecule has 0 aliphatic rings. The van der Waals surface area contributed by atoms with Gasteiger partial charge in [-0.25, -0.2) is 9.37 Å². The molecule has 0 saturated heterocycles. The van der Waals surface area contributed by atoms with E-state index in [1.807, 2.05) is 13.8 Å². The molecule has 0 unspecified atom stereocenters.